The molecule has 0 aliphatic rings. The van der Waals surface area contributed by atoms with E-state index in [-0.39, 0.29) is 18.1 Å². The molecular weight excluding hydrogens is 316 g/mol. The lowest BCUT2D eigenvalue weighted by atomic mass is 10.1. The number of hydrogen-bond donors (Lipinski definition) is 1. The molecule has 2 aromatic carbocycles. The summed E-state index contributed by atoms with van der Waals surface area (Å²) in [4.78, 5) is 27.9. The molecule has 0 spiro atoms. The molecule has 1 amide bonds. The van der Waals surface area contributed by atoms with Gasteiger partial charge in [-0.25, -0.2) is 4.98 Å². The number of carbonyl (C=O) groups is 2. The molecule has 0 bridgehead atoms. The molecule has 0 radical (unpaired) electrons. The summed E-state index contributed by atoms with van der Waals surface area (Å²) in [6, 6.07) is 16.3. The van der Waals surface area contributed by atoms with E-state index in [9.17, 15) is 9.59 Å². The Labute approximate surface area is 145 Å². The van der Waals surface area contributed by atoms with Crippen molar-refractivity contribution in [2.45, 2.75) is 20.3 Å². The maximum Gasteiger partial charge on any atom is 0.232 e. The Balaban J connectivity index is 1.69. The number of carbonyl (C=O) groups excluding carboxylic acids is 2. The van der Waals surface area contributed by atoms with E-state index in [1.165, 1.54) is 6.92 Å². The molecule has 1 heterocycles. The fourth-order valence-electron chi connectivity index (χ4n) is 2.44. The number of benzene rings is 2. The van der Waals surface area contributed by atoms with Crippen molar-refractivity contribution >= 4 is 17.4 Å². The van der Waals surface area contributed by atoms with Gasteiger partial charge in [0.2, 0.25) is 11.8 Å². The van der Waals surface area contributed by atoms with Crippen molar-refractivity contribution in [3.63, 3.8) is 0 Å². The van der Waals surface area contributed by atoms with E-state index in [4.69, 9.17) is 4.42 Å². The van der Waals surface area contributed by atoms with Crippen molar-refractivity contribution in [2.75, 3.05) is 5.32 Å². The number of aryl methyl sites for hydroxylation is 1. The minimum Gasteiger partial charge on any atom is -0.440 e. The van der Waals surface area contributed by atoms with Crippen LogP contribution in [0.25, 0.3) is 11.5 Å². The third-order valence-corrected chi connectivity index (χ3v) is 3.81. The summed E-state index contributed by atoms with van der Waals surface area (Å²) in [6.07, 6.45) is 0.0973. The fourth-order valence-corrected chi connectivity index (χ4v) is 2.44. The molecule has 0 saturated heterocycles. The van der Waals surface area contributed by atoms with Crippen LogP contribution < -0.4 is 5.32 Å². The topological polar surface area (TPSA) is 72.2 Å². The lowest BCUT2D eigenvalue weighted by molar-refractivity contribution is -0.115. The van der Waals surface area contributed by atoms with Gasteiger partial charge < -0.3 is 9.73 Å². The minimum atomic E-state index is -0.200. The van der Waals surface area contributed by atoms with Crippen molar-refractivity contribution in [1.29, 1.82) is 0 Å². The highest BCUT2D eigenvalue weighted by Gasteiger charge is 2.15. The van der Waals surface area contributed by atoms with Gasteiger partial charge in [-0.1, -0.05) is 18.2 Å². The predicted octanol–water partition coefficient (Wildman–Crippen LogP) is 4.03. The summed E-state index contributed by atoms with van der Waals surface area (Å²) >= 11 is 0. The second kappa shape index (κ2) is 7.13. The molecule has 0 aliphatic carbocycles. The maximum absolute atomic E-state index is 12.2. The number of nitrogens with one attached hydrogen (secondary N) is 1. The average molecular weight is 334 g/mol. The molecular formula is C20H18N2O3. The summed E-state index contributed by atoms with van der Waals surface area (Å²) < 4.78 is 5.74. The largest absolute Gasteiger partial charge is 0.440 e. The molecule has 5 nitrogen and oxygen atoms in total. The van der Waals surface area contributed by atoms with E-state index in [0.717, 1.165) is 5.56 Å². The van der Waals surface area contributed by atoms with Gasteiger partial charge in [0, 0.05) is 16.8 Å². The number of aromatic nitrogens is 1. The van der Waals surface area contributed by atoms with Gasteiger partial charge in [-0.3, -0.25) is 9.59 Å². The van der Waals surface area contributed by atoms with Crippen LogP contribution in [0.2, 0.25) is 0 Å². The molecule has 0 saturated carbocycles. The molecule has 1 aromatic heterocycles. The van der Waals surface area contributed by atoms with Gasteiger partial charge in [-0.2, -0.15) is 0 Å². The molecule has 3 aromatic rings. The van der Waals surface area contributed by atoms with E-state index in [1.807, 2.05) is 37.3 Å². The van der Waals surface area contributed by atoms with Crippen molar-refractivity contribution < 1.29 is 14.0 Å². The zero-order chi connectivity index (χ0) is 17.8. The number of anilines is 1. The first-order valence-electron chi connectivity index (χ1n) is 7.95. The molecule has 0 aliphatic heterocycles. The highest BCUT2D eigenvalue weighted by Crippen LogP contribution is 2.22. The molecule has 1 N–H and O–H groups in total. The first-order valence-corrected chi connectivity index (χ1v) is 7.95. The quantitative estimate of drug-likeness (QED) is 0.715. The number of rotatable bonds is 5. The number of nitrogens with zero attached hydrogens (tertiary/aromatic N) is 1. The lowest BCUT2D eigenvalue weighted by Gasteiger charge is -2.05. The summed E-state index contributed by atoms with van der Waals surface area (Å²) in [5, 5.41) is 2.79. The van der Waals surface area contributed by atoms with Gasteiger partial charge in [0.1, 0.15) is 5.76 Å². The van der Waals surface area contributed by atoms with E-state index in [2.05, 4.69) is 10.3 Å². The van der Waals surface area contributed by atoms with Crippen molar-refractivity contribution in [2.24, 2.45) is 0 Å². The third kappa shape index (κ3) is 4.01. The van der Waals surface area contributed by atoms with Crippen molar-refractivity contribution in [1.82, 2.24) is 4.98 Å². The van der Waals surface area contributed by atoms with E-state index in [0.29, 0.717) is 28.6 Å². The number of Topliss-reactive ketones (excluding diaryl/α,β-unsaturated/α-hetero) is 1. The minimum absolute atomic E-state index is 0.0106. The Kier molecular flexibility index (Phi) is 4.75. The van der Waals surface area contributed by atoms with E-state index in [1.54, 1.807) is 24.3 Å². The van der Waals surface area contributed by atoms with Crippen LogP contribution in [0, 0.1) is 6.92 Å². The molecule has 3 rings (SSSR count). The first kappa shape index (κ1) is 16.6. The average Bonchev–Trinajstić information content (AvgIpc) is 2.97. The van der Waals surface area contributed by atoms with Crippen LogP contribution >= 0.6 is 0 Å². The highest BCUT2D eigenvalue weighted by molar-refractivity contribution is 5.96. The normalized spacial score (nSPS) is 10.5. The van der Waals surface area contributed by atoms with Crippen LogP contribution in [0.5, 0.6) is 0 Å². The lowest BCUT2D eigenvalue weighted by Crippen LogP contribution is -2.14. The summed E-state index contributed by atoms with van der Waals surface area (Å²) in [7, 11) is 0. The standard InChI is InChI=1S/C20H18N2O3/c1-13-18(25-20(21-13)16-6-4-3-5-7-16)12-19(24)22-17-10-8-15(9-11-17)14(2)23/h3-11H,12H2,1-2H3,(H,22,24). The number of amides is 1. The van der Waals surface area contributed by atoms with Crippen molar-refractivity contribution in [3.8, 4) is 11.5 Å². The van der Waals surface area contributed by atoms with Gasteiger partial charge in [0.05, 0.1) is 12.1 Å². The smallest absolute Gasteiger partial charge is 0.232 e. The van der Waals surface area contributed by atoms with Crippen LogP contribution in [0.15, 0.2) is 59.0 Å². The van der Waals surface area contributed by atoms with Gasteiger partial charge in [0.25, 0.3) is 0 Å². The summed E-state index contributed by atoms with van der Waals surface area (Å²) in [5.74, 6) is 0.835. The highest BCUT2D eigenvalue weighted by atomic mass is 16.4. The number of ketones is 1. The summed E-state index contributed by atoms with van der Waals surface area (Å²) in [6.45, 7) is 3.32. The van der Waals surface area contributed by atoms with Gasteiger partial charge >= 0.3 is 0 Å². The molecule has 126 valence electrons. The summed E-state index contributed by atoms with van der Waals surface area (Å²) in [5.41, 5.74) is 2.81. The number of oxazole rings is 1. The Hall–Kier alpha value is -3.21. The first-order chi connectivity index (χ1) is 12.0. The SMILES string of the molecule is CC(=O)c1ccc(NC(=O)Cc2oc(-c3ccccc3)nc2C)cc1. The zero-order valence-corrected chi connectivity index (χ0v) is 14.1. The van der Waals surface area contributed by atoms with Crippen LogP contribution in [-0.4, -0.2) is 16.7 Å². The monoisotopic (exact) mass is 334 g/mol. The predicted molar refractivity (Wildman–Crippen MR) is 95.5 cm³/mol. The molecule has 0 unspecified atom stereocenters. The fraction of sp³-hybridized carbons (Fsp3) is 0.150. The number of hydrogen-bond acceptors (Lipinski definition) is 4. The Morgan fingerprint density at radius 3 is 2.36 bits per heavy atom. The van der Waals surface area contributed by atoms with Gasteiger partial charge in [0.15, 0.2) is 5.78 Å². The molecule has 25 heavy (non-hydrogen) atoms. The maximum atomic E-state index is 12.2. The van der Waals surface area contributed by atoms with Crippen LogP contribution in [-0.2, 0) is 11.2 Å². The Morgan fingerprint density at radius 1 is 1.04 bits per heavy atom. The van der Waals surface area contributed by atoms with E-state index < -0.39 is 0 Å². The Bertz CT molecular complexity index is 896. The Morgan fingerprint density at radius 2 is 1.72 bits per heavy atom. The van der Waals surface area contributed by atoms with Crippen LogP contribution in [0.3, 0.4) is 0 Å². The van der Waals surface area contributed by atoms with E-state index >= 15 is 0 Å². The second-order valence-electron chi connectivity index (χ2n) is 5.75. The second-order valence-corrected chi connectivity index (χ2v) is 5.75. The molecule has 0 atom stereocenters. The zero-order valence-electron chi connectivity index (χ0n) is 14.1. The van der Waals surface area contributed by atoms with Gasteiger partial charge in [-0.05, 0) is 50.2 Å². The van der Waals surface area contributed by atoms with Crippen LogP contribution in [0.1, 0.15) is 28.7 Å². The third-order valence-electron chi connectivity index (χ3n) is 3.81. The van der Waals surface area contributed by atoms with Crippen molar-refractivity contribution in [3.05, 3.63) is 71.6 Å². The van der Waals surface area contributed by atoms with Crippen LogP contribution in [0.4, 0.5) is 5.69 Å². The molecule has 0 fully saturated rings. The van der Waals surface area contributed by atoms with Gasteiger partial charge in [-0.15, -0.1) is 0 Å². The molecule has 5 heteroatoms.